The Morgan fingerprint density at radius 2 is 0.873 bits per heavy atom. The third kappa shape index (κ3) is 43.5. The summed E-state index contributed by atoms with van der Waals surface area (Å²) in [6.07, 6.45) is 60.7. The highest BCUT2D eigenvalue weighted by Crippen LogP contribution is 2.26. The number of carbonyl (C=O) groups is 2. The van der Waals surface area contributed by atoms with E-state index in [0.717, 1.165) is 116 Å². The fourth-order valence-corrected chi connectivity index (χ4v) is 9.86. The summed E-state index contributed by atoms with van der Waals surface area (Å²) in [6.45, 7) is 5.75. The topological polar surface area (TPSA) is 175 Å². The Bertz CT molecular complexity index is 1560. The van der Waals surface area contributed by atoms with E-state index in [1.54, 1.807) is 6.08 Å². The van der Waals surface area contributed by atoms with Crippen molar-refractivity contribution in [2.45, 2.75) is 333 Å². The summed E-state index contributed by atoms with van der Waals surface area (Å²) in [6, 6.07) is -1.03. The molecule has 0 saturated carbocycles. The van der Waals surface area contributed by atoms with Crippen LogP contribution in [0.4, 0.5) is 0 Å². The van der Waals surface area contributed by atoms with Crippen LogP contribution in [0.1, 0.15) is 284 Å². The average molecular weight is 1110 g/mol. The van der Waals surface area contributed by atoms with Crippen LogP contribution in [-0.4, -0.2) is 99.6 Å². The van der Waals surface area contributed by atoms with Crippen LogP contribution in [-0.2, 0) is 23.8 Å². The van der Waals surface area contributed by atoms with Crippen molar-refractivity contribution >= 4 is 11.9 Å². The first-order chi connectivity index (χ1) is 38.7. The number of carbonyl (C=O) groups excluding carboxylic acids is 2. The molecule has 0 aromatic rings. The lowest BCUT2D eigenvalue weighted by molar-refractivity contribution is -0.305. The molecule has 1 rings (SSSR count). The molecule has 1 fully saturated rings. The molecule has 8 atom stereocenters. The number of hydrogen-bond acceptors (Lipinski definition) is 10. The second-order valence-corrected chi connectivity index (χ2v) is 22.5. The Kier molecular flexibility index (Phi) is 52.2. The molecule has 79 heavy (non-hydrogen) atoms. The van der Waals surface area contributed by atoms with Gasteiger partial charge in [0.25, 0.3) is 0 Å². The Labute approximate surface area is 483 Å². The van der Waals surface area contributed by atoms with Crippen molar-refractivity contribution < 1.29 is 49.3 Å². The number of ether oxygens (including phenoxy) is 3. The van der Waals surface area contributed by atoms with Crippen LogP contribution in [0, 0.1) is 0 Å². The van der Waals surface area contributed by atoms with Gasteiger partial charge >= 0.3 is 5.97 Å². The molecular weight excluding hydrogens is 991 g/mol. The number of aliphatic hydroxyl groups is 5. The highest BCUT2D eigenvalue weighted by Gasteiger charge is 2.47. The molecule has 0 bridgehead atoms. The summed E-state index contributed by atoms with van der Waals surface area (Å²) in [5, 5.41) is 57.1. The van der Waals surface area contributed by atoms with Crippen molar-refractivity contribution in [2.24, 2.45) is 0 Å². The van der Waals surface area contributed by atoms with Crippen molar-refractivity contribution in [3.63, 3.8) is 0 Å². The van der Waals surface area contributed by atoms with E-state index in [9.17, 15) is 35.1 Å². The van der Waals surface area contributed by atoms with Crippen LogP contribution in [0.5, 0.6) is 0 Å². The van der Waals surface area contributed by atoms with E-state index in [1.165, 1.54) is 122 Å². The molecular formula is C68H121NO10. The third-order valence-electron chi connectivity index (χ3n) is 15.1. The highest BCUT2D eigenvalue weighted by molar-refractivity contribution is 5.80. The minimum absolute atomic E-state index is 0.109. The first-order valence-corrected chi connectivity index (χ1v) is 32.7. The van der Waals surface area contributed by atoms with Gasteiger partial charge in [-0.3, -0.25) is 9.59 Å². The number of amides is 1. The van der Waals surface area contributed by atoms with Gasteiger partial charge < -0.3 is 45.1 Å². The molecule has 0 aromatic heterocycles. The van der Waals surface area contributed by atoms with Crippen molar-refractivity contribution in [1.82, 2.24) is 5.32 Å². The first-order valence-electron chi connectivity index (χ1n) is 32.7. The molecule has 8 unspecified atom stereocenters. The molecule has 1 heterocycles. The van der Waals surface area contributed by atoms with Gasteiger partial charge in [-0.25, -0.2) is 0 Å². The molecule has 0 aromatic carbocycles. The Morgan fingerprint density at radius 1 is 0.494 bits per heavy atom. The summed E-state index contributed by atoms with van der Waals surface area (Å²) in [4.78, 5) is 26.6. The molecule has 11 nitrogen and oxygen atoms in total. The smallest absolute Gasteiger partial charge is 0.306 e. The lowest BCUT2D eigenvalue weighted by Gasteiger charge is -2.41. The average Bonchev–Trinajstić information content (AvgIpc) is 3.50. The van der Waals surface area contributed by atoms with Gasteiger partial charge in [0.15, 0.2) is 12.4 Å². The number of hydrogen-bond donors (Lipinski definition) is 6. The van der Waals surface area contributed by atoms with Crippen molar-refractivity contribution in [2.75, 3.05) is 13.2 Å². The van der Waals surface area contributed by atoms with E-state index in [-0.39, 0.29) is 19.4 Å². The Morgan fingerprint density at radius 3 is 1.35 bits per heavy atom. The number of unbranched alkanes of at least 4 members (excludes halogenated alkanes) is 31. The lowest BCUT2D eigenvalue weighted by Crippen LogP contribution is -2.61. The predicted molar refractivity (Wildman–Crippen MR) is 329 cm³/mol. The molecule has 0 radical (unpaired) electrons. The van der Waals surface area contributed by atoms with E-state index in [0.29, 0.717) is 12.8 Å². The van der Waals surface area contributed by atoms with Crippen LogP contribution in [0.25, 0.3) is 0 Å². The maximum atomic E-state index is 13.4. The van der Waals surface area contributed by atoms with Gasteiger partial charge in [-0.15, -0.1) is 0 Å². The largest absolute Gasteiger partial charge is 0.454 e. The van der Waals surface area contributed by atoms with Crippen LogP contribution in [0.2, 0.25) is 0 Å². The van der Waals surface area contributed by atoms with Crippen LogP contribution in [0.3, 0.4) is 0 Å². The van der Waals surface area contributed by atoms with E-state index >= 15 is 0 Å². The van der Waals surface area contributed by atoms with Gasteiger partial charge in [-0.05, 0) is 96.3 Å². The normalized spacial score (nSPS) is 19.3. The zero-order valence-electron chi connectivity index (χ0n) is 50.7. The zero-order chi connectivity index (χ0) is 57.5. The molecule has 458 valence electrons. The Hall–Kier alpha value is -2.90. The summed E-state index contributed by atoms with van der Waals surface area (Å²) in [5.74, 6) is -1.21. The number of rotatable bonds is 55. The quantitative estimate of drug-likeness (QED) is 0.0195. The molecule has 1 aliphatic rings. The maximum absolute atomic E-state index is 13.4. The summed E-state index contributed by atoms with van der Waals surface area (Å²) >= 11 is 0. The van der Waals surface area contributed by atoms with Crippen LogP contribution >= 0.6 is 0 Å². The summed E-state index contributed by atoms with van der Waals surface area (Å²) in [7, 11) is 0. The van der Waals surface area contributed by atoms with Gasteiger partial charge in [-0.2, -0.15) is 0 Å². The minimum Gasteiger partial charge on any atom is -0.454 e. The summed E-state index contributed by atoms with van der Waals surface area (Å²) < 4.78 is 17.6. The lowest BCUT2D eigenvalue weighted by atomic mass is 9.99. The number of nitrogens with one attached hydrogen (secondary N) is 1. The van der Waals surface area contributed by atoms with Crippen molar-refractivity contribution in [3.05, 3.63) is 72.9 Å². The Balaban J connectivity index is 2.65. The SMILES string of the molecule is CCCCC/C=C\C/C=C\C/C=C\C/C=C\CCCCCCCCCC(=O)OC1C(OCC(NC(=O)C(O)CCCCCCCC/C=C\CCCCCC)C(O)/C=C/CCCCCCCCCCCCC)OC(CO)C(O)C1O. The highest BCUT2D eigenvalue weighted by atomic mass is 16.7. The molecule has 0 aliphatic carbocycles. The molecule has 11 heteroatoms. The molecule has 1 saturated heterocycles. The zero-order valence-corrected chi connectivity index (χ0v) is 50.7. The predicted octanol–water partition coefficient (Wildman–Crippen LogP) is 16.0. The van der Waals surface area contributed by atoms with E-state index in [4.69, 9.17) is 14.2 Å². The van der Waals surface area contributed by atoms with Crippen molar-refractivity contribution in [1.29, 1.82) is 0 Å². The van der Waals surface area contributed by atoms with Crippen LogP contribution in [0.15, 0.2) is 72.9 Å². The number of aliphatic hydroxyl groups excluding tert-OH is 5. The van der Waals surface area contributed by atoms with E-state index < -0.39 is 67.4 Å². The maximum Gasteiger partial charge on any atom is 0.306 e. The van der Waals surface area contributed by atoms with Gasteiger partial charge in [0, 0.05) is 6.42 Å². The van der Waals surface area contributed by atoms with Gasteiger partial charge in [0.1, 0.15) is 24.4 Å². The van der Waals surface area contributed by atoms with Crippen molar-refractivity contribution in [3.8, 4) is 0 Å². The fraction of sp³-hybridized carbons (Fsp3) is 0.794. The third-order valence-corrected chi connectivity index (χ3v) is 15.1. The standard InChI is InChI=1S/C68H121NO10/c1-4-7-10-13-16-19-22-25-27-28-29-30-31-32-33-34-35-38-41-44-47-50-53-56-63(73)79-66-65(75)64(74)62(57-70)78-68(66)77-58-59(60(71)54-51-48-45-42-39-36-24-21-18-15-12-9-6-3)69-67(76)61(72)55-52-49-46-43-40-37-26-23-20-17-14-11-8-5-2/h16,19-20,23,25,27,29-30,32-33,51,54,59-62,64-66,68,70-72,74-75H,4-15,17-18,21-22,24,26,28,31,34-50,52-53,55-58H2,1-3H3,(H,69,76)/b19-16-,23-20-,27-25-,30-29-,33-32-,54-51+. The monoisotopic (exact) mass is 1110 g/mol. The second-order valence-electron chi connectivity index (χ2n) is 22.5. The minimum atomic E-state index is -1.62. The summed E-state index contributed by atoms with van der Waals surface area (Å²) in [5.41, 5.74) is 0. The van der Waals surface area contributed by atoms with E-state index in [1.807, 2.05) is 6.08 Å². The molecule has 1 aliphatic heterocycles. The number of esters is 1. The molecule has 1 amide bonds. The van der Waals surface area contributed by atoms with E-state index in [2.05, 4.69) is 86.8 Å². The molecule has 6 N–H and O–H groups in total. The molecule has 0 spiro atoms. The number of allylic oxidation sites excluding steroid dienone is 11. The van der Waals surface area contributed by atoms with Gasteiger partial charge in [0.05, 0.1) is 25.4 Å². The van der Waals surface area contributed by atoms with Crippen LogP contribution < -0.4 is 5.32 Å². The first kappa shape index (κ1) is 74.1. The van der Waals surface area contributed by atoms with Gasteiger partial charge in [0.2, 0.25) is 5.91 Å². The fourth-order valence-electron chi connectivity index (χ4n) is 9.86. The second kappa shape index (κ2) is 55.6. The van der Waals surface area contributed by atoms with Gasteiger partial charge in [-0.1, -0.05) is 254 Å².